The molecule has 0 aromatic heterocycles. The van der Waals surface area contributed by atoms with E-state index in [9.17, 15) is 4.39 Å². The first-order valence-electron chi connectivity index (χ1n) is 6.73. The number of halogens is 1. The molecule has 0 radical (unpaired) electrons. The average Bonchev–Trinajstić information content (AvgIpc) is 2.33. The van der Waals surface area contributed by atoms with Crippen LogP contribution in [0.4, 0.5) is 4.39 Å². The molecular formula is C15H25FN2O. The number of benzene rings is 1. The van der Waals surface area contributed by atoms with E-state index in [1.807, 2.05) is 13.0 Å². The summed E-state index contributed by atoms with van der Waals surface area (Å²) in [4.78, 5) is 2.25. The first-order chi connectivity index (χ1) is 8.97. The van der Waals surface area contributed by atoms with Gasteiger partial charge in [-0.05, 0) is 38.5 Å². The van der Waals surface area contributed by atoms with Gasteiger partial charge < -0.3 is 10.5 Å². The standard InChI is InChI=1S/C15H25FN2O/c1-11(2)18(8-9-19-4)15(12(3)17)13-6-5-7-14(16)10-13/h5-7,10-12,15H,8-9,17H2,1-4H3. The number of methoxy groups -OCH3 is 1. The van der Waals surface area contributed by atoms with Gasteiger partial charge in [-0.1, -0.05) is 12.1 Å². The largest absolute Gasteiger partial charge is 0.383 e. The summed E-state index contributed by atoms with van der Waals surface area (Å²) in [5, 5.41) is 0. The van der Waals surface area contributed by atoms with Crippen molar-refractivity contribution in [3.63, 3.8) is 0 Å². The van der Waals surface area contributed by atoms with Crippen LogP contribution in [0.5, 0.6) is 0 Å². The van der Waals surface area contributed by atoms with Crippen molar-refractivity contribution >= 4 is 0 Å². The van der Waals surface area contributed by atoms with Crippen molar-refractivity contribution in [2.24, 2.45) is 5.73 Å². The summed E-state index contributed by atoms with van der Waals surface area (Å²) in [6.07, 6.45) is 0. The molecule has 0 bridgehead atoms. The van der Waals surface area contributed by atoms with Crippen molar-refractivity contribution < 1.29 is 9.13 Å². The maximum Gasteiger partial charge on any atom is 0.123 e. The van der Waals surface area contributed by atoms with E-state index in [4.69, 9.17) is 10.5 Å². The number of ether oxygens (including phenoxy) is 1. The molecule has 19 heavy (non-hydrogen) atoms. The van der Waals surface area contributed by atoms with E-state index in [-0.39, 0.29) is 17.9 Å². The van der Waals surface area contributed by atoms with E-state index in [2.05, 4.69) is 18.7 Å². The zero-order chi connectivity index (χ0) is 14.4. The minimum atomic E-state index is -0.224. The molecule has 0 saturated carbocycles. The van der Waals surface area contributed by atoms with Gasteiger partial charge in [0.15, 0.2) is 0 Å². The van der Waals surface area contributed by atoms with Crippen LogP contribution in [0.2, 0.25) is 0 Å². The van der Waals surface area contributed by atoms with Crippen molar-refractivity contribution in [3.05, 3.63) is 35.6 Å². The first kappa shape index (κ1) is 16.1. The molecule has 1 aromatic rings. The fourth-order valence-electron chi connectivity index (χ4n) is 2.40. The third kappa shape index (κ3) is 4.56. The lowest BCUT2D eigenvalue weighted by molar-refractivity contribution is 0.0862. The summed E-state index contributed by atoms with van der Waals surface area (Å²) in [6, 6.07) is 6.90. The molecule has 108 valence electrons. The van der Waals surface area contributed by atoms with E-state index in [1.165, 1.54) is 6.07 Å². The number of nitrogens with two attached hydrogens (primary N) is 1. The predicted molar refractivity (Wildman–Crippen MR) is 76.5 cm³/mol. The molecule has 2 unspecified atom stereocenters. The number of hydrogen-bond donors (Lipinski definition) is 1. The summed E-state index contributed by atoms with van der Waals surface area (Å²) in [6.45, 7) is 7.60. The summed E-state index contributed by atoms with van der Waals surface area (Å²) in [7, 11) is 1.68. The lowest BCUT2D eigenvalue weighted by Gasteiger charge is -2.37. The molecule has 0 heterocycles. The minimum absolute atomic E-state index is 0.00847. The van der Waals surface area contributed by atoms with Crippen LogP contribution in [0.25, 0.3) is 0 Å². The molecular weight excluding hydrogens is 243 g/mol. The second-order valence-electron chi connectivity index (χ2n) is 5.18. The molecule has 0 fully saturated rings. The molecule has 0 amide bonds. The van der Waals surface area contributed by atoms with Crippen LogP contribution in [-0.2, 0) is 4.74 Å². The van der Waals surface area contributed by atoms with Gasteiger partial charge in [0.05, 0.1) is 12.6 Å². The van der Waals surface area contributed by atoms with Gasteiger partial charge in [0.1, 0.15) is 5.82 Å². The molecule has 0 aliphatic carbocycles. The Morgan fingerprint density at radius 3 is 2.47 bits per heavy atom. The van der Waals surface area contributed by atoms with Gasteiger partial charge in [-0.3, -0.25) is 4.90 Å². The van der Waals surface area contributed by atoms with Gasteiger partial charge in [-0.25, -0.2) is 4.39 Å². The highest BCUT2D eigenvalue weighted by molar-refractivity contribution is 5.22. The van der Waals surface area contributed by atoms with Crippen LogP contribution in [-0.4, -0.2) is 37.2 Å². The van der Waals surface area contributed by atoms with Crippen molar-refractivity contribution in [3.8, 4) is 0 Å². The molecule has 0 aliphatic heterocycles. The Balaban J connectivity index is 3.03. The fourth-order valence-corrected chi connectivity index (χ4v) is 2.40. The second kappa shape index (κ2) is 7.58. The highest BCUT2D eigenvalue weighted by Gasteiger charge is 2.26. The highest BCUT2D eigenvalue weighted by atomic mass is 19.1. The molecule has 2 N–H and O–H groups in total. The quantitative estimate of drug-likeness (QED) is 0.826. The Labute approximate surface area is 115 Å². The maximum absolute atomic E-state index is 13.4. The van der Waals surface area contributed by atoms with Crippen molar-refractivity contribution in [1.82, 2.24) is 4.90 Å². The normalized spacial score (nSPS) is 14.9. The van der Waals surface area contributed by atoms with E-state index in [1.54, 1.807) is 19.2 Å². The van der Waals surface area contributed by atoms with Gasteiger partial charge in [0, 0.05) is 25.7 Å². The van der Waals surface area contributed by atoms with Gasteiger partial charge in [-0.2, -0.15) is 0 Å². The molecule has 0 aliphatic rings. The first-order valence-corrected chi connectivity index (χ1v) is 6.73. The van der Waals surface area contributed by atoms with E-state index in [0.717, 1.165) is 12.1 Å². The second-order valence-corrected chi connectivity index (χ2v) is 5.18. The minimum Gasteiger partial charge on any atom is -0.383 e. The summed E-state index contributed by atoms with van der Waals surface area (Å²) in [5.41, 5.74) is 7.04. The SMILES string of the molecule is COCCN(C(C)C)C(c1cccc(F)c1)C(C)N. The summed E-state index contributed by atoms with van der Waals surface area (Å²) in [5.74, 6) is -0.224. The molecule has 1 aromatic carbocycles. The third-order valence-corrected chi connectivity index (χ3v) is 3.26. The van der Waals surface area contributed by atoms with Crippen LogP contribution < -0.4 is 5.73 Å². The van der Waals surface area contributed by atoms with Crippen LogP contribution in [0.1, 0.15) is 32.4 Å². The molecule has 2 atom stereocenters. The summed E-state index contributed by atoms with van der Waals surface area (Å²) < 4.78 is 18.6. The van der Waals surface area contributed by atoms with Gasteiger partial charge in [-0.15, -0.1) is 0 Å². The zero-order valence-electron chi connectivity index (χ0n) is 12.3. The van der Waals surface area contributed by atoms with Crippen LogP contribution in [0.3, 0.4) is 0 Å². The molecule has 0 saturated heterocycles. The highest BCUT2D eigenvalue weighted by Crippen LogP contribution is 2.26. The van der Waals surface area contributed by atoms with E-state index in [0.29, 0.717) is 12.6 Å². The Bertz CT molecular complexity index is 382. The van der Waals surface area contributed by atoms with Crippen LogP contribution >= 0.6 is 0 Å². The number of hydrogen-bond acceptors (Lipinski definition) is 3. The van der Waals surface area contributed by atoms with Crippen molar-refractivity contribution in [2.75, 3.05) is 20.3 Å². The topological polar surface area (TPSA) is 38.5 Å². The number of nitrogens with zero attached hydrogens (tertiary/aromatic N) is 1. The molecule has 4 heteroatoms. The lowest BCUT2D eigenvalue weighted by atomic mass is 9.97. The van der Waals surface area contributed by atoms with Gasteiger partial charge >= 0.3 is 0 Å². The van der Waals surface area contributed by atoms with Gasteiger partial charge in [0.2, 0.25) is 0 Å². The Hall–Kier alpha value is -0.970. The van der Waals surface area contributed by atoms with Gasteiger partial charge in [0.25, 0.3) is 0 Å². The van der Waals surface area contributed by atoms with Crippen LogP contribution in [0, 0.1) is 5.82 Å². The Kier molecular flexibility index (Phi) is 6.42. The average molecular weight is 268 g/mol. The van der Waals surface area contributed by atoms with Crippen LogP contribution in [0.15, 0.2) is 24.3 Å². The predicted octanol–water partition coefficient (Wildman–Crippen LogP) is 2.57. The van der Waals surface area contributed by atoms with Crippen molar-refractivity contribution in [1.29, 1.82) is 0 Å². The van der Waals surface area contributed by atoms with Crippen molar-refractivity contribution in [2.45, 2.75) is 38.9 Å². The Morgan fingerprint density at radius 2 is 2.00 bits per heavy atom. The Morgan fingerprint density at radius 1 is 1.32 bits per heavy atom. The molecule has 0 spiro atoms. The molecule has 1 rings (SSSR count). The monoisotopic (exact) mass is 268 g/mol. The number of rotatable bonds is 7. The third-order valence-electron chi connectivity index (χ3n) is 3.26. The van der Waals surface area contributed by atoms with E-state index < -0.39 is 0 Å². The van der Waals surface area contributed by atoms with E-state index >= 15 is 0 Å². The lowest BCUT2D eigenvalue weighted by Crippen LogP contribution is -2.44. The zero-order valence-corrected chi connectivity index (χ0v) is 12.3. The smallest absolute Gasteiger partial charge is 0.123 e. The summed E-state index contributed by atoms with van der Waals surface area (Å²) >= 11 is 0. The fraction of sp³-hybridized carbons (Fsp3) is 0.600. The maximum atomic E-state index is 13.4. The molecule has 3 nitrogen and oxygen atoms in total.